The highest BCUT2D eigenvalue weighted by Crippen LogP contribution is 2.20. The van der Waals surface area contributed by atoms with Crippen molar-refractivity contribution in [2.24, 2.45) is 0 Å². The number of alkyl halides is 3. The van der Waals surface area contributed by atoms with E-state index < -0.39 is 36.9 Å². The molecular weight excluding hydrogens is 363 g/mol. The molecule has 0 aliphatic heterocycles. The molecule has 0 aliphatic rings. The lowest BCUT2D eigenvalue weighted by Gasteiger charge is -2.12. The fourth-order valence-corrected chi connectivity index (χ4v) is 1.82. The summed E-state index contributed by atoms with van der Waals surface area (Å²) >= 11 is 0. The van der Waals surface area contributed by atoms with E-state index in [0.29, 0.717) is 6.07 Å². The van der Waals surface area contributed by atoms with Gasteiger partial charge in [0.1, 0.15) is 5.82 Å². The molecule has 1 heterocycles. The molecule has 0 saturated heterocycles. The van der Waals surface area contributed by atoms with E-state index in [2.05, 4.69) is 15.0 Å². The van der Waals surface area contributed by atoms with Gasteiger partial charge in [0.05, 0.1) is 0 Å². The third kappa shape index (κ3) is 6.19. The molecule has 1 amide bonds. The summed E-state index contributed by atoms with van der Waals surface area (Å²) < 4.78 is 72.3. The van der Waals surface area contributed by atoms with Gasteiger partial charge in [-0.25, -0.2) is 13.8 Å². The second-order valence-electron chi connectivity index (χ2n) is 5.01. The molecule has 2 rings (SSSR count). The van der Waals surface area contributed by atoms with Gasteiger partial charge < -0.3 is 14.8 Å². The van der Waals surface area contributed by atoms with E-state index in [0.717, 1.165) is 12.1 Å². The first kappa shape index (κ1) is 19.4. The minimum atomic E-state index is -4.52. The van der Waals surface area contributed by atoms with Gasteiger partial charge in [0.25, 0.3) is 5.91 Å². The van der Waals surface area contributed by atoms with Gasteiger partial charge in [-0.15, -0.1) is 0 Å². The lowest BCUT2D eigenvalue weighted by molar-refractivity contribution is -0.154. The molecule has 0 aliphatic carbocycles. The molecule has 0 bridgehead atoms. The van der Waals surface area contributed by atoms with Crippen molar-refractivity contribution in [1.82, 2.24) is 10.3 Å². The summed E-state index contributed by atoms with van der Waals surface area (Å²) in [4.78, 5) is 15.4. The Morgan fingerprint density at radius 3 is 2.62 bits per heavy atom. The minimum Gasteiger partial charge on any atom is -0.481 e. The Kier molecular flexibility index (Phi) is 6.31. The number of nitrogens with zero attached hydrogens (tertiary/aromatic N) is 1. The highest BCUT2D eigenvalue weighted by Gasteiger charge is 2.29. The zero-order valence-electron chi connectivity index (χ0n) is 13.1. The van der Waals surface area contributed by atoms with Crippen LogP contribution < -0.4 is 14.8 Å². The first-order valence-electron chi connectivity index (χ1n) is 7.22. The number of pyridine rings is 1. The number of amides is 1. The SMILES string of the molecule is O=C(COc1ccc(F)cc1F)NCc1cccnc1OCC(F)(F)F. The van der Waals surface area contributed by atoms with E-state index >= 15 is 0 Å². The number of carbonyl (C=O) groups is 1. The maximum atomic E-state index is 13.4. The van der Waals surface area contributed by atoms with Crippen molar-refractivity contribution in [2.75, 3.05) is 13.2 Å². The Hall–Kier alpha value is -2.91. The van der Waals surface area contributed by atoms with Crippen molar-refractivity contribution in [3.8, 4) is 11.6 Å². The molecule has 0 fully saturated rings. The predicted molar refractivity (Wildman–Crippen MR) is 79.5 cm³/mol. The average Bonchev–Trinajstić information content (AvgIpc) is 2.57. The van der Waals surface area contributed by atoms with Crippen molar-refractivity contribution in [2.45, 2.75) is 12.7 Å². The van der Waals surface area contributed by atoms with Crippen molar-refractivity contribution in [3.05, 3.63) is 53.7 Å². The van der Waals surface area contributed by atoms with Gasteiger partial charge in [-0.1, -0.05) is 6.07 Å². The Morgan fingerprint density at radius 2 is 1.92 bits per heavy atom. The smallest absolute Gasteiger partial charge is 0.422 e. The molecule has 0 saturated carbocycles. The molecule has 0 unspecified atom stereocenters. The summed E-state index contributed by atoms with van der Waals surface area (Å²) in [5.41, 5.74) is 0.220. The van der Waals surface area contributed by atoms with Crippen molar-refractivity contribution >= 4 is 5.91 Å². The number of halogens is 5. The molecule has 5 nitrogen and oxygen atoms in total. The van der Waals surface area contributed by atoms with Crippen molar-refractivity contribution in [3.63, 3.8) is 0 Å². The third-order valence-corrected chi connectivity index (χ3v) is 2.95. The number of carbonyl (C=O) groups excluding carboxylic acids is 1. The standard InChI is InChI=1S/C16H13F5N2O3/c17-11-3-4-13(12(18)6-11)25-8-14(24)23-7-10-2-1-5-22-15(10)26-9-16(19,20)21/h1-6H,7-9H2,(H,23,24). The zero-order chi connectivity index (χ0) is 19.2. The molecule has 1 N–H and O–H groups in total. The molecule has 1 aromatic heterocycles. The van der Waals surface area contributed by atoms with E-state index in [1.165, 1.54) is 18.3 Å². The second kappa shape index (κ2) is 8.45. The van der Waals surface area contributed by atoms with Gasteiger partial charge in [-0.3, -0.25) is 4.79 Å². The normalized spacial score (nSPS) is 11.1. The summed E-state index contributed by atoms with van der Waals surface area (Å²) in [7, 11) is 0. The highest BCUT2D eigenvalue weighted by molar-refractivity contribution is 5.77. The second-order valence-corrected chi connectivity index (χ2v) is 5.01. The summed E-state index contributed by atoms with van der Waals surface area (Å²) in [6.07, 6.45) is -3.28. The minimum absolute atomic E-state index is 0.172. The monoisotopic (exact) mass is 376 g/mol. The number of hydrogen-bond donors (Lipinski definition) is 1. The largest absolute Gasteiger partial charge is 0.481 e. The van der Waals surface area contributed by atoms with E-state index in [1.807, 2.05) is 0 Å². The number of nitrogens with one attached hydrogen (secondary N) is 1. The van der Waals surface area contributed by atoms with Gasteiger partial charge in [-0.05, 0) is 18.2 Å². The number of rotatable bonds is 7. The van der Waals surface area contributed by atoms with Crippen LogP contribution in [0.1, 0.15) is 5.56 Å². The molecular formula is C16H13F5N2O3. The maximum Gasteiger partial charge on any atom is 0.422 e. The van der Waals surface area contributed by atoms with Crippen molar-refractivity contribution in [1.29, 1.82) is 0 Å². The Labute approximate surface area is 144 Å². The first-order valence-corrected chi connectivity index (χ1v) is 7.22. The van der Waals surface area contributed by atoms with E-state index in [9.17, 15) is 26.7 Å². The number of hydrogen-bond acceptors (Lipinski definition) is 4. The molecule has 10 heteroatoms. The molecule has 0 spiro atoms. The van der Waals surface area contributed by atoms with Gasteiger partial charge >= 0.3 is 6.18 Å². The van der Waals surface area contributed by atoms with Gasteiger partial charge in [0.15, 0.2) is 24.8 Å². The number of ether oxygens (including phenoxy) is 2. The fourth-order valence-electron chi connectivity index (χ4n) is 1.82. The van der Waals surface area contributed by atoms with Crippen LogP contribution in [0.15, 0.2) is 36.5 Å². The molecule has 0 radical (unpaired) electrons. The van der Waals surface area contributed by atoms with Crippen LogP contribution in [-0.4, -0.2) is 30.3 Å². The Bertz CT molecular complexity index is 768. The predicted octanol–water partition coefficient (Wildman–Crippen LogP) is 3.00. The molecule has 1 aromatic carbocycles. The van der Waals surface area contributed by atoms with Crippen LogP contribution in [-0.2, 0) is 11.3 Å². The summed E-state index contributed by atoms with van der Waals surface area (Å²) in [6, 6.07) is 5.50. The van der Waals surface area contributed by atoms with Crippen LogP contribution in [0.5, 0.6) is 11.6 Å². The lowest BCUT2D eigenvalue weighted by Crippen LogP contribution is -2.29. The molecule has 26 heavy (non-hydrogen) atoms. The molecule has 0 atom stereocenters. The maximum absolute atomic E-state index is 13.4. The third-order valence-electron chi connectivity index (χ3n) is 2.95. The lowest BCUT2D eigenvalue weighted by atomic mass is 10.2. The van der Waals surface area contributed by atoms with E-state index in [4.69, 9.17) is 4.74 Å². The molecule has 2 aromatic rings. The van der Waals surface area contributed by atoms with Crippen LogP contribution in [0.4, 0.5) is 22.0 Å². The zero-order valence-corrected chi connectivity index (χ0v) is 13.1. The molecule has 140 valence electrons. The van der Waals surface area contributed by atoms with Gasteiger partial charge in [0, 0.05) is 24.4 Å². The van der Waals surface area contributed by atoms with Crippen molar-refractivity contribution < 1.29 is 36.2 Å². The van der Waals surface area contributed by atoms with Crippen LogP contribution in [0, 0.1) is 11.6 Å². The summed E-state index contributed by atoms with van der Waals surface area (Å²) in [6.45, 7) is -2.26. The van der Waals surface area contributed by atoms with Crippen LogP contribution >= 0.6 is 0 Å². The Balaban J connectivity index is 1.87. The quantitative estimate of drug-likeness (QED) is 0.755. The Morgan fingerprint density at radius 1 is 1.15 bits per heavy atom. The summed E-state index contributed by atoms with van der Waals surface area (Å²) in [5.74, 6) is -3.00. The fraction of sp³-hybridized carbons (Fsp3) is 0.250. The van der Waals surface area contributed by atoms with E-state index in [1.54, 1.807) is 0 Å². The van der Waals surface area contributed by atoms with Crippen LogP contribution in [0.2, 0.25) is 0 Å². The highest BCUT2D eigenvalue weighted by atomic mass is 19.4. The number of aromatic nitrogens is 1. The number of benzene rings is 1. The van der Waals surface area contributed by atoms with E-state index in [-0.39, 0.29) is 23.7 Å². The van der Waals surface area contributed by atoms with Gasteiger partial charge in [-0.2, -0.15) is 13.2 Å². The van der Waals surface area contributed by atoms with Crippen LogP contribution in [0.3, 0.4) is 0 Å². The summed E-state index contributed by atoms with van der Waals surface area (Å²) in [5, 5.41) is 2.38. The topological polar surface area (TPSA) is 60.5 Å². The van der Waals surface area contributed by atoms with Gasteiger partial charge in [0.2, 0.25) is 5.88 Å². The average molecular weight is 376 g/mol. The first-order chi connectivity index (χ1) is 12.2. The van der Waals surface area contributed by atoms with Crippen LogP contribution in [0.25, 0.3) is 0 Å².